The fourth-order valence-electron chi connectivity index (χ4n) is 6.45. The van der Waals surface area contributed by atoms with E-state index >= 15 is 0 Å². The average Bonchev–Trinajstić information content (AvgIpc) is 2.50. The molecule has 5 rings (SSSR count). The van der Waals surface area contributed by atoms with E-state index in [0.29, 0.717) is 13.0 Å². The molecule has 26 heavy (non-hydrogen) atoms. The fourth-order valence-corrected chi connectivity index (χ4v) is 6.45. The van der Waals surface area contributed by atoms with Crippen LogP contribution in [0.5, 0.6) is 0 Å². The first-order chi connectivity index (χ1) is 12.4. The number of hydrogen-bond donors (Lipinski definition) is 2. The van der Waals surface area contributed by atoms with E-state index in [0.717, 1.165) is 50.1 Å². The number of imide groups is 1. The molecule has 4 aliphatic carbocycles. The summed E-state index contributed by atoms with van der Waals surface area (Å²) >= 11 is 0. The van der Waals surface area contributed by atoms with Gasteiger partial charge in [0.15, 0.2) is 0 Å². The molecule has 0 aromatic carbocycles. The molecule has 4 bridgehead atoms. The van der Waals surface area contributed by atoms with Crippen LogP contribution in [0.4, 0.5) is 4.79 Å². The summed E-state index contributed by atoms with van der Waals surface area (Å²) in [6, 6.07) is -0.291. The first-order valence-electron chi connectivity index (χ1n) is 10.4. The first-order valence-corrected chi connectivity index (χ1v) is 10.4. The van der Waals surface area contributed by atoms with Gasteiger partial charge in [0.1, 0.15) is 0 Å². The smallest absolute Gasteiger partial charge is 0.321 e. The number of morpholine rings is 1. The van der Waals surface area contributed by atoms with E-state index in [2.05, 4.69) is 29.4 Å². The van der Waals surface area contributed by atoms with Gasteiger partial charge in [-0.25, -0.2) is 4.79 Å². The maximum Gasteiger partial charge on any atom is 0.321 e. The maximum atomic E-state index is 12.4. The third-order valence-electron chi connectivity index (χ3n) is 6.82. The second-order valence-corrected chi connectivity index (χ2v) is 9.47. The Labute approximate surface area is 156 Å². The second kappa shape index (κ2) is 7.12. The van der Waals surface area contributed by atoms with Crippen LogP contribution in [0.1, 0.15) is 58.8 Å². The molecule has 6 nitrogen and oxygen atoms in total. The van der Waals surface area contributed by atoms with E-state index in [1.165, 1.54) is 19.3 Å². The van der Waals surface area contributed by atoms with Gasteiger partial charge in [-0.15, -0.1) is 0 Å². The van der Waals surface area contributed by atoms with E-state index in [4.69, 9.17) is 4.74 Å². The summed E-state index contributed by atoms with van der Waals surface area (Å²) in [4.78, 5) is 26.9. The van der Waals surface area contributed by atoms with Crippen molar-refractivity contribution in [3.05, 3.63) is 0 Å². The van der Waals surface area contributed by atoms with Gasteiger partial charge in [0.2, 0.25) is 5.91 Å². The molecule has 0 aromatic heterocycles. The monoisotopic (exact) mass is 363 g/mol. The Balaban J connectivity index is 1.23. The zero-order valence-electron chi connectivity index (χ0n) is 16.1. The lowest BCUT2D eigenvalue weighted by Gasteiger charge is -2.56. The lowest BCUT2D eigenvalue weighted by molar-refractivity contribution is -0.121. The SMILES string of the molecule is CC1CN(CCC(=O)NC(=O)NC23CC4CC(CC(C4)C2)C3)CC(C)O1. The Bertz CT molecular complexity index is 519. The Morgan fingerprint density at radius 3 is 2.08 bits per heavy atom. The summed E-state index contributed by atoms with van der Waals surface area (Å²) in [6.07, 6.45) is 8.09. The number of nitrogens with one attached hydrogen (secondary N) is 2. The van der Waals surface area contributed by atoms with Crippen LogP contribution >= 0.6 is 0 Å². The number of amides is 3. The number of carbonyl (C=O) groups excluding carboxylic acids is 2. The lowest BCUT2D eigenvalue weighted by Crippen LogP contribution is -2.61. The lowest BCUT2D eigenvalue weighted by atomic mass is 9.53. The van der Waals surface area contributed by atoms with Crippen LogP contribution in [0.15, 0.2) is 0 Å². The van der Waals surface area contributed by atoms with Gasteiger partial charge in [-0.2, -0.15) is 0 Å². The predicted molar refractivity (Wildman–Crippen MR) is 98.6 cm³/mol. The molecule has 1 heterocycles. The number of hydrogen-bond acceptors (Lipinski definition) is 4. The van der Waals surface area contributed by atoms with Gasteiger partial charge in [-0.1, -0.05) is 0 Å². The molecule has 0 spiro atoms. The fraction of sp³-hybridized carbons (Fsp3) is 0.900. The Kier molecular flexibility index (Phi) is 4.99. The largest absolute Gasteiger partial charge is 0.373 e. The Morgan fingerprint density at radius 1 is 1.00 bits per heavy atom. The molecule has 2 N–H and O–H groups in total. The van der Waals surface area contributed by atoms with Gasteiger partial charge >= 0.3 is 6.03 Å². The summed E-state index contributed by atoms with van der Waals surface area (Å²) in [5, 5.41) is 5.77. The van der Waals surface area contributed by atoms with Gasteiger partial charge in [0.25, 0.3) is 0 Å². The topological polar surface area (TPSA) is 70.7 Å². The second-order valence-electron chi connectivity index (χ2n) is 9.47. The molecule has 1 aliphatic heterocycles. The Morgan fingerprint density at radius 2 is 1.54 bits per heavy atom. The predicted octanol–water partition coefficient (Wildman–Crippen LogP) is 2.28. The van der Waals surface area contributed by atoms with E-state index in [-0.39, 0.29) is 29.7 Å². The van der Waals surface area contributed by atoms with Crippen LogP contribution in [0, 0.1) is 17.8 Å². The molecule has 2 atom stereocenters. The Hall–Kier alpha value is -1.14. The van der Waals surface area contributed by atoms with Gasteiger partial charge in [-0.3, -0.25) is 15.0 Å². The third-order valence-corrected chi connectivity index (χ3v) is 6.82. The molecule has 5 fully saturated rings. The van der Waals surface area contributed by atoms with Crippen LogP contribution < -0.4 is 10.6 Å². The zero-order chi connectivity index (χ0) is 18.3. The van der Waals surface area contributed by atoms with Crippen molar-refractivity contribution >= 4 is 11.9 Å². The number of nitrogens with zero attached hydrogens (tertiary/aromatic N) is 1. The van der Waals surface area contributed by atoms with Crippen LogP contribution in [-0.4, -0.2) is 54.2 Å². The highest BCUT2D eigenvalue weighted by atomic mass is 16.5. The summed E-state index contributed by atoms with van der Waals surface area (Å²) < 4.78 is 5.72. The summed E-state index contributed by atoms with van der Waals surface area (Å²) in [6.45, 7) is 6.48. The molecule has 0 aromatic rings. The van der Waals surface area contributed by atoms with Gasteiger partial charge in [0, 0.05) is 31.6 Å². The minimum Gasteiger partial charge on any atom is -0.373 e. The van der Waals surface area contributed by atoms with Crippen molar-refractivity contribution in [1.82, 2.24) is 15.5 Å². The van der Waals surface area contributed by atoms with Crippen molar-refractivity contribution < 1.29 is 14.3 Å². The molecular formula is C20H33N3O3. The van der Waals surface area contributed by atoms with Crippen LogP contribution in [0.2, 0.25) is 0 Å². The van der Waals surface area contributed by atoms with Crippen molar-refractivity contribution in [2.45, 2.75) is 76.5 Å². The standard InChI is InChI=1S/C20H33N3O3/c1-13-11-23(12-14(2)26-13)4-3-18(24)21-19(25)22-20-8-15-5-16(9-20)7-17(6-15)10-20/h13-17H,3-12H2,1-2H3,(H2,21,22,24,25). The summed E-state index contributed by atoms with van der Waals surface area (Å²) in [7, 11) is 0. The number of carbonyl (C=O) groups is 2. The highest BCUT2D eigenvalue weighted by molar-refractivity contribution is 5.94. The van der Waals surface area contributed by atoms with E-state index in [9.17, 15) is 9.59 Å². The normalized spacial score (nSPS) is 41.8. The van der Waals surface area contributed by atoms with Gasteiger partial charge in [0.05, 0.1) is 12.2 Å². The van der Waals surface area contributed by atoms with E-state index < -0.39 is 0 Å². The highest BCUT2D eigenvalue weighted by Crippen LogP contribution is 2.55. The highest BCUT2D eigenvalue weighted by Gasteiger charge is 2.51. The van der Waals surface area contributed by atoms with Crippen molar-refractivity contribution in [1.29, 1.82) is 0 Å². The van der Waals surface area contributed by atoms with Crippen molar-refractivity contribution in [2.24, 2.45) is 17.8 Å². The molecule has 6 heteroatoms. The van der Waals surface area contributed by atoms with Crippen LogP contribution in [0.3, 0.4) is 0 Å². The van der Waals surface area contributed by atoms with Crippen molar-refractivity contribution in [2.75, 3.05) is 19.6 Å². The molecule has 3 amide bonds. The molecule has 5 aliphatic rings. The van der Waals surface area contributed by atoms with Crippen molar-refractivity contribution in [3.63, 3.8) is 0 Å². The van der Waals surface area contributed by atoms with E-state index in [1.54, 1.807) is 0 Å². The summed E-state index contributed by atoms with van der Waals surface area (Å²) in [5.41, 5.74) is -0.0474. The molecule has 2 unspecified atom stereocenters. The molecule has 146 valence electrons. The molecular weight excluding hydrogens is 330 g/mol. The van der Waals surface area contributed by atoms with E-state index in [1.807, 2.05) is 0 Å². The third kappa shape index (κ3) is 4.06. The minimum atomic E-state index is -0.291. The van der Waals surface area contributed by atoms with Crippen LogP contribution in [-0.2, 0) is 9.53 Å². The number of ether oxygens (including phenoxy) is 1. The molecule has 0 radical (unpaired) electrons. The molecule has 4 saturated carbocycles. The number of urea groups is 1. The molecule has 1 saturated heterocycles. The van der Waals surface area contributed by atoms with Crippen molar-refractivity contribution in [3.8, 4) is 0 Å². The van der Waals surface area contributed by atoms with Gasteiger partial charge in [-0.05, 0) is 70.1 Å². The van der Waals surface area contributed by atoms with Crippen LogP contribution in [0.25, 0.3) is 0 Å². The number of rotatable bonds is 4. The van der Waals surface area contributed by atoms with Gasteiger partial charge < -0.3 is 10.1 Å². The summed E-state index contributed by atoms with van der Waals surface area (Å²) in [5.74, 6) is 2.16. The quantitative estimate of drug-likeness (QED) is 0.804. The zero-order valence-corrected chi connectivity index (χ0v) is 16.1. The first kappa shape index (κ1) is 18.2. The minimum absolute atomic E-state index is 0.0474. The average molecular weight is 364 g/mol. The maximum absolute atomic E-state index is 12.4.